The highest BCUT2D eigenvalue weighted by atomic mass is 35.5. The van der Waals surface area contributed by atoms with Crippen molar-refractivity contribution >= 4 is 34.8 Å². The molecule has 6 heteroatoms. The van der Waals surface area contributed by atoms with Crippen LogP contribution in [0.15, 0.2) is 30.3 Å². The predicted molar refractivity (Wildman–Crippen MR) is 77.1 cm³/mol. The number of ether oxygens (including phenoxy) is 1. The smallest absolute Gasteiger partial charge is 0.138 e. The van der Waals surface area contributed by atoms with Gasteiger partial charge in [-0.2, -0.15) is 0 Å². The molecule has 0 saturated carbocycles. The maximum absolute atomic E-state index is 13.2. The number of halogens is 5. The minimum atomic E-state index is -0.823. The largest absolute Gasteiger partial charge is 0.495 e. The molecule has 0 aromatic heterocycles. The first-order chi connectivity index (χ1) is 9.42. The van der Waals surface area contributed by atoms with Crippen molar-refractivity contribution in [3.8, 4) is 5.75 Å². The maximum atomic E-state index is 13.2. The zero-order valence-electron chi connectivity index (χ0n) is 10.3. The van der Waals surface area contributed by atoms with Gasteiger partial charge in [-0.25, -0.2) is 8.78 Å². The van der Waals surface area contributed by atoms with Gasteiger partial charge >= 0.3 is 0 Å². The van der Waals surface area contributed by atoms with E-state index >= 15 is 0 Å². The Labute approximate surface area is 130 Å². The van der Waals surface area contributed by atoms with Gasteiger partial charge in [-0.1, -0.05) is 23.2 Å². The highest BCUT2D eigenvalue weighted by molar-refractivity contribution is 6.36. The van der Waals surface area contributed by atoms with E-state index in [0.29, 0.717) is 21.4 Å². The van der Waals surface area contributed by atoms with Gasteiger partial charge in [0.05, 0.1) is 17.5 Å². The van der Waals surface area contributed by atoms with E-state index in [9.17, 15) is 8.78 Å². The summed E-state index contributed by atoms with van der Waals surface area (Å²) in [7, 11) is 1.46. The number of methoxy groups -OCH3 is 1. The lowest BCUT2D eigenvalue weighted by Gasteiger charge is -2.14. The lowest BCUT2D eigenvalue weighted by atomic mass is 10.0. The van der Waals surface area contributed by atoms with E-state index in [4.69, 9.17) is 39.5 Å². The molecule has 0 bridgehead atoms. The van der Waals surface area contributed by atoms with Crippen molar-refractivity contribution in [1.29, 1.82) is 0 Å². The fourth-order valence-electron chi connectivity index (χ4n) is 1.80. The number of rotatable bonds is 3. The molecular weight excluding hydrogens is 329 g/mol. The molecule has 2 rings (SSSR count). The van der Waals surface area contributed by atoms with Gasteiger partial charge in [0.25, 0.3) is 0 Å². The molecule has 1 nitrogen and oxygen atoms in total. The van der Waals surface area contributed by atoms with Crippen molar-refractivity contribution in [1.82, 2.24) is 0 Å². The molecule has 0 amide bonds. The first-order valence-electron chi connectivity index (χ1n) is 5.55. The third-order valence-electron chi connectivity index (χ3n) is 2.72. The van der Waals surface area contributed by atoms with E-state index in [2.05, 4.69) is 0 Å². The van der Waals surface area contributed by atoms with Gasteiger partial charge in [0.1, 0.15) is 17.4 Å². The molecule has 0 saturated heterocycles. The molecule has 1 atom stereocenters. The summed E-state index contributed by atoms with van der Waals surface area (Å²) < 4.78 is 31.5. The first-order valence-corrected chi connectivity index (χ1v) is 6.74. The summed E-state index contributed by atoms with van der Waals surface area (Å²) in [4.78, 5) is 0. The molecule has 2 aromatic rings. The maximum Gasteiger partial charge on any atom is 0.138 e. The summed E-state index contributed by atoms with van der Waals surface area (Å²) >= 11 is 18.3. The average Bonchev–Trinajstić information content (AvgIpc) is 2.39. The fourth-order valence-corrected chi connectivity index (χ4v) is 2.67. The second-order valence-corrected chi connectivity index (χ2v) is 5.32. The fraction of sp³-hybridized carbons (Fsp3) is 0.143. The quantitative estimate of drug-likeness (QED) is 0.662. The molecule has 0 N–H and O–H groups in total. The second kappa shape index (κ2) is 6.17. The summed E-state index contributed by atoms with van der Waals surface area (Å²) in [5.41, 5.74) is 0.705. The summed E-state index contributed by atoms with van der Waals surface area (Å²) in [6.45, 7) is 0. The van der Waals surface area contributed by atoms with Crippen molar-refractivity contribution in [2.45, 2.75) is 5.38 Å². The Kier molecular flexibility index (Phi) is 4.74. The van der Waals surface area contributed by atoms with Gasteiger partial charge < -0.3 is 4.74 Å². The zero-order chi connectivity index (χ0) is 14.9. The normalized spacial score (nSPS) is 12.3. The molecule has 0 aliphatic carbocycles. The van der Waals surface area contributed by atoms with Crippen molar-refractivity contribution in [3.05, 3.63) is 63.1 Å². The first kappa shape index (κ1) is 15.4. The molecule has 106 valence electrons. The van der Waals surface area contributed by atoms with Crippen molar-refractivity contribution < 1.29 is 13.5 Å². The van der Waals surface area contributed by atoms with Crippen LogP contribution in [0.4, 0.5) is 8.78 Å². The highest BCUT2D eigenvalue weighted by Gasteiger charge is 2.18. The van der Waals surface area contributed by atoms with Crippen LogP contribution >= 0.6 is 34.8 Å². The Morgan fingerprint density at radius 1 is 0.950 bits per heavy atom. The molecule has 0 spiro atoms. The van der Waals surface area contributed by atoms with Crippen molar-refractivity contribution in [2.24, 2.45) is 0 Å². The molecule has 0 fully saturated rings. The third-order valence-corrected chi connectivity index (χ3v) is 3.83. The standard InChI is InChI=1S/C14H9Cl3F2O/c1-20-13-6-11(15)10(5-12(13)16)14(17)7-2-8(18)4-9(19)3-7/h2-6,14H,1H3. The molecule has 0 radical (unpaired) electrons. The molecule has 1 unspecified atom stereocenters. The van der Waals surface area contributed by atoms with Crippen LogP contribution in [-0.2, 0) is 0 Å². The van der Waals surface area contributed by atoms with Crippen LogP contribution in [0.1, 0.15) is 16.5 Å². The van der Waals surface area contributed by atoms with Gasteiger partial charge in [-0.05, 0) is 29.3 Å². The molecule has 0 aliphatic heterocycles. The van der Waals surface area contributed by atoms with Crippen LogP contribution < -0.4 is 4.74 Å². The predicted octanol–water partition coefficient (Wildman–Crippen LogP) is 5.61. The van der Waals surface area contributed by atoms with E-state index in [1.807, 2.05) is 0 Å². The Morgan fingerprint density at radius 3 is 2.10 bits per heavy atom. The summed E-state index contributed by atoms with van der Waals surface area (Å²) in [5.74, 6) is -1.02. The second-order valence-electron chi connectivity index (χ2n) is 4.07. The molecule has 20 heavy (non-hydrogen) atoms. The molecule has 0 heterocycles. The number of hydrogen-bond acceptors (Lipinski definition) is 1. The van der Waals surface area contributed by atoms with Gasteiger partial charge in [0.2, 0.25) is 0 Å². The highest BCUT2D eigenvalue weighted by Crippen LogP contribution is 2.39. The minimum absolute atomic E-state index is 0.257. The minimum Gasteiger partial charge on any atom is -0.495 e. The molecular formula is C14H9Cl3F2O. The number of hydrogen-bond donors (Lipinski definition) is 0. The third kappa shape index (κ3) is 3.17. The Hall–Kier alpha value is -1.03. The van der Waals surface area contributed by atoms with Crippen LogP contribution in [0.3, 0.4) is 0 Å². The number of benzene rings is 2. The topological polar surface area (TPSA) is 9.23 Å². The van der Waals surface area contributed by atoms with E-state index in [1.165, 1.54) is 19.2 Å². The lowest BCUT2D eigenvalue weighted by Crippen LogP contribution is -1.98. The van der Waals surface area contributed by atoms with E-state index < -0.39 is 17.0 Å². The van der Waals surface area contributed by atoms with Gasteiger partial charge in [-0.15, -0.1) is 11.6 Å². The van der Waals surface area contributed by atoms with Crippen LogP contribution in [-0.4, -0.2) is 7.11 Å². The number of alkyl halides is 1. The van der Waals surface area contributed by atoms with Crippen LogP contribution in [0.2, 0.25) is 10.0 Å². The van der Waals surface area contributed by atoms with Crippen molar-refractivity contribution in [3.63, 3.8) is 0 Å². The monoisotopic (exact) mass is 336 g/mol. The summed E-state index contributed by atoms with van der Waals surface area (Å²) in [6, 6.07) is 6.09. The Bertz CT molecular complexity index is 626. The lowest BCUT2D eigenvalue weighted by molar-refractivity contribution is 0.415. The van der Waals surface area contributed by atoms with Crippen LogP contribution in [0.25, 0.3) is 0 Å². The summed E-state index contributed by atoms with van der Waals surface area (Å²) in [6.07, 6.45) is 0. The summed E-state index contributed by atoms with van der Waals surface area (Å²) in [5, 5.41) is -0.207. The molecule has 0 aliphatic rings. The zero-order valence-corrected chi connectivity index (χ0v) is 12.5. The van der Waals surface area contributed by atoms with Crippen LogP contribution in [0, 0.1) is 11.6 Å². The SMILES string of the molecule is COc1cc(Cl)c(C(Cl)c2cc(F)cc(F)c2)cc1Cl. The van der Waals surface area contributed by atoms with E-state index in [1.54, 1.807) is 0 Å². The molecule has 2 aromatic carbocycles. The Morgan fingerprint density at radius 2 is 1.55 bits per heavy atom. The van der Waals surface area contributed by atoms with Crippen molar-refractivity contribution in [2.75, 3.05) is 7.11 Å². The Balaban J connectivity index is 2.47. The van der Waals surface area contributed by atoms with Gasteiger partial charge in [0.15, 0.2) is 0 Å². The van der Waals surface area contributed by atoms with E-state index in [-0.39, 0.29) is 5.56 Å². The van der Waals surface area contributed by atoms with Crippen LogP contribution in [0.5, 0.6) is 5.75 Å². The van der Waals surface area contributed by atoms with E-state index in [0.717, 1.165) is 18.2 Å². The average molecular weight is 338 g/mol. The van der Waals surface area contributed by atoms with Gasteiger partial charge in [-0.3, -0.25) is 0 Å². The van der Waals surface area contributed by atoms with Gasteiger partial charge in [0, 0.05) is 17.2 Å².